The van der Waals surface area contributed by atoms with Crippen LogP contribution in [0.15, 0.2) is 41.3 Å². The maximum Gasteiger partial charge on any atom is 0.292 e. The molecule has 0 aliphatic rings. The molecule has 0 aliphatic carbocycles. The Balaban J connectivity index is 1.98. The van der Waals surface area contributed by atoms with E-state index in [0.29, 0.717) is 16.0 Å². The number of carbonyl (C=O) groups is 1. The first kappa shape index (κ1) is 17.9. The third kappa shape index (κ3) is 4.77. The molecule has 0 fully saturated rings. The van der Waals surface area contributed by atoms with E-state index in [1.165, 1.54) is 35.2 Å². The number of anilines is 2. The summed E-state index contributed by atoms with van der Waals surface area (Å²) in [4.78, 5) is 22.7. The Hall–Kier alpha value is -2.46. The normalized spacial score (nSPS) is 11.5. The average Bonchev–Trinajstić information content (AvgIpc) is 3.00. The van der Waals surface area contributed by atoms with Crippen LogP contribution in [-0.2, 0) is 4.79 Å². The zero-order valence-electron chi connectivity index (χ0n) is 12.8. The number of para-hydroxylation sites is 2. The topological polar surface area (TPSA) is 110 Å². The molecule has 0 radical (unpaired) electrons. The van der Waals surface area contributed by atoms with Gasteiger partial charge in [-0.15, -0.1) is 16.8 Å². The van der Waals surface area contributed by atoms with Crippen LogP contribution in [0.1, 0.15) is 6.92 Å². The van der Waals surface area contributed by atoms with Gasteiger partial charge in [-0.25, -0.2) is 0 Å². The van der Waals surface area contributed by atoms with Crippen molar-refractivity contribution in [3.63, 3.8) is 0 Å². The Bertz CT molecular complexity index is 750. The van der Waals surface area contributed by atoms with Crippen LogP contribution in [-0.4, -0.2) is 32.8 Å². The van der Waals surface area contributed by atoms with Crippen molar-refractivity contribution >= 4 is 45.5 Å². The van der Waals surface area contributed by atoms with Gasteiger partial charge in [0.2, 0.25) is 11.0 Å². The summed E-state index contributed by atoms with van der Waals surface area (Å²) in [6.45, 7) is 5.88. The standard InChI is InChI=1S/C14H15N5O3S2/c1-3-8-15-13-17-18-14(24-13)23-9(2)12(20)16-10-6-4-5-7-11(10)19(21)22/h3-7,9H,1,8H2,2H3,(H,15,17)(H,16,20). The van der Waals surface area contributed by atoms with Gasteiger partial charge < -0.3 is 10.6 Å². The molecular formula is C14H15N5O3S2. The van der Waals surface area contributed by atoms with E-state index in [1.807, 2.05) is 0 Å². The number of hydrogen-bond acceptors (Lipinski definition) is 8. The van der Waals surface area contributed by atoms with Crippen molar-refractivity contribution in [3.8, 4) is 0 Å². The highest BCUT2D eigenvalue weighted by Crippen LogP contribution is 2.30. The van der Waals surface area contributed by atoms with E-state index in [-0.39, 0.29) is 17.3 Å². The van der Waals surface area contributed by atoms with Gasteiger partial charge in [-0.05, 0) is 13.0 Å². The number of benzene rings is 1. The molecule has 1 aromatic carbocycles. The van der Waals surface area contributed by atoms with Crippen molar-refractivity contribution < 1.29 is 9.72 Å². The fraction of sp³-hybridized carbons (Fsp3) is 0.214. The minimum Gasteiger partial charge on any atom is -0.357 e. The molecule has 1 aromatic heterocycles. The third-order valence-corrected chi connectivity index (χ3v) is 4.87. The smallest absolute Gasteiger partial charge is 0.292 e. The zero-order chi connectivity index (χ0) is 17.5. The second-order valence-electron chi connectivity index (χ2n) is 4.57. The van der Waals surface area contributed by atoms with Gasteiger partial charge in [0, 0.05) is 12.6 Å². The van der Waals surface area contributed by atoms with E-state index in [1.54, 1.807) is 25.1 Å². The van der Waals surface area contributed by atoms with E-state index in [9.17, 15) is 14.9 Å². The fourth-order valence-electron chi connectivity index (χ4n) is 1.67. The Morgan fingerprint density at radius 1 is 1.50 bits per heavy atom. The molecule has 2 N–H and O–H groups in total. The minimum absolute atomic E-state index is 0.144. The molecule has 0 bridgehead atoms. The number of aromatic nitrogens is 2. The quantitative estimate of drug-likeness (QED) is 0.320. The number of carbonyl (C=O) groups excluding carboxylic acids is 1. The molecule has 24 heavy (non-hydrogen) atoms. The van der Waals surface area contributed by atoms with Crippen LogP contribution in [0.2, 0.25) is 0 Å². The summed E-state index contributed by atoms with van der Waals surface area (Å²) in [7, 11) is 0. The van der Waals surface area contributed by atoms with Crippen molar-refractivity contribution in [2.75, 3.05) is 17.2 Å². The van der Waals surface area contributed by atoms with Gasteiger partial charge in [0.25, 0.3) is 5.69 Å². The number of nitro benzene ring substituents is 1. The van der Waals surface area contributed by atoms with Crippen LogP contribution >= 0.6 is 23.1 Å². The average molecular weight is 365 g/mol. The lowest BCUT2D eigenvalue weighted by atomic mass is 10.2. The summed E-state index contributed by atoms with van der Waals surface area (Å²) < 4.78 is 0.631. The fourth-order valence-corrected chi connectivity index (χ4v) is 3.57. The van der Waals surface area contributed by atoms with E-state index >= 15 is 0 Å². The number of nitrogens with one attached hydrogen (secondary N) is 2. The van der Waals surface area contributed by atoms with Crippen molar-refractivity contribution in [3.05, 3.63) is 47.0 Å². The van der Waals surface area contributed by atoms with Gasteiger partial charge >= 0.3 is 0 Å². The van der Waals surface area contributed by atoms with E-state index in [0.717, 1.165) is 0 Å². The van der Waals surface area contributed by atoms with Gasteiger partial charge in [0.1, 0.15) is 5.69 Å². The molecular weight excluding hydrogens is 350 g/mol. The van der Waals surface area contributed by atoms with Gasteiger partial charge in [-0.2, -0.15) is 0 Å². The van der Waals surface area contributed by atoms with Crippen molar-refractivity contribution in [1.29, 1.82) is 0 Å². The number of rotatable bonds is 8. The largest absolute Gasteiger partial charge is 0.357 e. The number of thioether (sulfide) groups is 1. The lowest BCUT2D eigenvalue weighted by Crippen LogP contribution is -2.22. The van der Waals surface area contributed by atoms with Crippen molar-refractivity contribution in [2.24, 2.45) is 0 Å². The highest BCUT2D eigenvalue weighted by molar-refractivity contribution is 8.02. The second-order valence-corrected chi connectivity index (χ2v) is 7.13. The monoisotopic (exact) mass is 365 g/mol. The number of amides is 1. The summed E-state index contributed by atoms with van der Waals surface area (Å²) >= 11 is 2.56. The first-order chi connectivity index (χ1) is 11.5. The number of nitrogens with zero attached hydrogens (tertiary/aromatic N) is 3. The molecule has 8 nitrogen and oxygen atoms in total. The van der Waals surface area contributed by atoms with Gasteiger partial charge in [0.15, 0.2) is 4.34 Å². The van der Waals surface area contributed by atoms with Crippen molar-refractivity contribution in [1.82, 2.24) is 10.2 Å². The lowest BCUT2D eigenvalue weighted by Gasteiger charge is -2.10. The molecule has 1 amide bonds. The molecule has 10 heteroatoms. The highest BCUT2D eigenvalue weighted by atomic mass is 32.2. The van der Waals surface area contributed by atoms with Crippen LogP contribution in [0.25, 0.3) is 0 Å². The number of nitro groups is 1. The Kier molecular flexibility index (Phi) is 6.27. The Labute approximate surface area is 146 Å². The van der Waals surface area contributed by atoms with E-state index in [4.69, 9.17) is 0 Å². The summed E-state index contributed by atoms with van der Waals surface area (Å²) in [6, 6.07) is 6.01. The van der Waals surface area contributed by atoms with E-state index < -0.39 is 10.2 Å². The van der Waals surface area contributed by atoms with E-state index in [2.05, 4.69) is 27.4 Å². The highest BCUT2D eigenvalue weighted by Gasteiger charge is 2.20. The first-order valence-electron chi connectivity index (χ1n) is 6.90. The van der Waals surface area contributed by atoms with Gasteiger partial charge in [-0.1, -0.05) is 41.3 Å². The predicted octanol–water partition coefficient (Wildman–Crippen LogP) is 3.16. The zero-order valence-corrected chi connectivity index (χ0v) is 14.4. The van der Waals surface area contributed by atoms with Crippen LogP contribution in [0.3, 0.4) is 0 Å². The number of hydrogen-bond donors (Lipinski definition) is 2. The minimum atomic E-state index is -0.532. The molecule has 2 aromatic rings. The predicted molar refractivity (Wildman–Crippen MR) is 95.6 cm³/mol. The molecule has 1 atom stereocenters. The van der Waals surface area contributed by atoms with Crippen LogP contribution in [0.4, 0.5) is 16.5 Å². The van der Waals surface area contributed by atoms with Crippen LogP contribution in [0.5, 0.6) is 0 Å². The second kappa shape index (κ2) is 8.41. The molecule has 0 spiro atoms. The molecule has 0 saturated heterocycles. The summed E-state index contributed by atoms with van der Waals surface area (Å²) in [5.74, 6) is -0.342. The summed E-state index contributed by atoms with van der Waals surface area (Å²) in [6.07, 6.45) is 1.71. The summed E-state index contributed by atoms with van der Waals surface area (Å²) in [5, 5.41) is 24.7. The summed E-state index contributed by atoms with van der Waals surface area (Å²) in [5.41, 5.74) is 0.0282. The maximum atomic E-state index is 12.2. The van der Waals surface area contributed by atoms with Crippen LogP contribution in [0, 0.1) is 10.1 Å². The molecule has 126 valence electrons. The van der Waals surface area contributed by atoms with Crippen molar-refractivity contribution in [2.45, 2.75) is 16.5 Å². The third-order valence-electron chi connectivity index (χ3n) is 2.81. The SMILES string of the molecule is C=CCNc1nnc(SC(C)C(=O)Nc2ccccc2[N+](=O)[O-])s1. The van der Waals surface area contributed by atoms with Gasteiger partial charge in [-0.3, -0.25) is 14.9 Å². The Morgan fingerprint density at radius 2 is 2.25 bits per heavy atom. The maximum absolute atomic E-state index is 12.2. The molecule has 0 aliphatic heterocycles. The lowest BCUT2D eigenvalue weighted by molar-refractivity contribution is -0.383. The molecule has 1 heterocycles. The van der Waals surface area contributed by atoms with Crippen LogP contribution < -0.4 is 10.6 Å². The molecule has 2 rings (SSSR count). The van der Waals surface area contributed by atoms with Gasteiger partial charge in [0.05, 0.1) is 10.2 Å². The molecule has 1 unspecified atom stereocenters. The first-order valence-corrected chi connectivity index (χ1v) is 8.60. The molecule has 0 saturated carbocycles. The Morgan fingerprint density at radius 3 is 2.96 bits per heavy atom.